The van der Waals surface area contributed by atoms with Gasteiger partial charge < -0.3 is 10.6 Å². The lowest BCUT2D eigenvalue weighted by molar-refractivity contribution is -0.118. The lowest BCUT2D eigenvalue weighted by atomic mass is 10.0. The highest BCUT2D eigenvalue weighted by Gasteiger charge is 2.09. The van der Waals surface area contributed by atoms with E-state index >= 15 is 0 Å². The third-order valence-electron chi connectivity index (χ3n) is 4.65. The maximum Gasteiger partial charge on any atom is 0.216 e. The largest absolute Gasteiger partial charge is 0.383 e. The first-order valence-corrected chi connectivity index (χ1v) is 8.96. The molecule has 0 unspecified atom stereocenters. The zero-order chi connectivity index (χ0) is 18.8. The third kappa shape index (κ3) is 3.62. The van der Waals surface area contributed by atoms with Crippen molar-refractivity contribution in [1.82, 2.24) is 25.3 Å². The summed E-state index contributed by atoms with van der Waals surface area (Å²) in [6.45, 7) is 2.79. The normalized spacial score (nSPS) is 11.2. The van der Waals surface area contributed by atoms with Gasteiger partial charge in [0, 0.05) is 55.6 Å². The topological polar surface area (TPSA) is 87.6 Å². The quantitative estimate of drug-likeness (QED) is 0.460. The highest BCUT2D eigenvalue weighted by atomic mass is 16.1. The Morgan fingerprint density at radius 3 is 2.93 bits per heavy atom. The van der Waals surface area contributed by atoms with E-state index in [9.17, 15) is 4.79 Å². The number of fused-ring (bicyclic) bond motifs is 2. The SMILES string of the molecule is CC(=O)NCCNc1ccc2n[nH]c(Cc3ccc4c(cnn4C)c3)c2c1. The van der Waals surface area contributed by atoms with E-state index in [1.54, 1.807) is 0 Å². The van der Waals surface area contributed by atoms with E-state index in [0.29, 0.717) is 13.1 Å². The fourth-order valence-corrected chi connectivity index (χ4v) is 3.28. The minimum absolute atomic E-state index is 0.0186. The molecule has 0 saturated heterocycles. The van der Waals surface area contributed by atoms with E-state index in [4.69, 9.17) is 0 Å². The smallest absolute Gasteiger partial charge is 0.216 e. The van der Waals surface area contributed by atoms with Crippen LogP contribution in [-0.2, 0) is 18.3 Å². The van der Waals surface area contributed by atoms with Crippen LogP contribution in [0.5, 0.6) is 0 Å². The molecular formula is C20H22N6O. The molecular weight excluding hydrogens is 340 g/mol. The molecule has 7 nitrogen and oxygen atoms in total. The van der Waals surface area contributed by atoms with Crippen molar-refractivity contribution in [2.24, 2.45) is 7.05 Å². The second-order valence-electron chi connectivity index (χ2n) is 6.68. The number of carbonyl (C=O) groups excluding carboxylic acids is 1. The van der Waals surface area contributed by atoms with Crippen LogP contribution < -0.4 is 10.6 Å². The summed E-state index contributed by atoms with van der Waals surface area (Å²) in [5.74, 6) is -0.0186. The van der Waals surface area contributed by atoms with Gasteiger partial charge in [0.25, 0.3) is 0 Å². The Morgan fingerprint density at radius 1 is 1.19 bits per heavy atom. The number of carbonyl (C=O) groups is 1. The van der Waals surface area contributed by atoms with E-state index in [1.165, 1.54) is 12.5 Å². The molecule has 0 aliphatic rings. The summed E-state index contributed by atoms with van der Waals surface area (Å²) in [5, 5.41) is 20.2. The van der Waals surface area contributed by atoms with Crippen LogP contribution in [0.2, 0.25) is 0 Å². The molecule has 0 radical (unpaired) electrons. The van der Waals surface area contributed by atoms with Crippen LogP contribution in [0.3, 0.4) is 0 Å². The fourth-order valence-electron chi connectivity index (χ4n) is 3.28. The monoisotopic (exact) mass is 362 g/mol. The summed E-state index contributed by atoms with van der Waals surface area (Å²) in [6, 6.07) is 12.5. The van der Waals surface area contributed by atoms with Crippen molar-refractivity contribution in [3.05, 3.63) is 53.9 Å². The average Bonchev–Trinajstić information content (AvgIpc) is 3.22. The molecule has 0 bridgehead atoms. The molecule has 0 fully saturated rings. The third-order valence-corrected chi connectivity index (χ3v) is 4.65. The number of benzene rings is 2. The fraction of sp³-hybridized carbons (Fsp3) is 0.250. The maximum atomic E-state index is 10.9. The molecule has 3 N–H and O–H groups in total. The number of anilines is 1. The summed E-state index contributed by atoms with van der Waals surface area (Å²) in [4.78, 5) is 10.9. The van der Waals surface area contributed by atoms with Crippen LogP contribution in [-0.4, -0.2) is 39.0 Å². The number of aryl methyl sites for hydroxylation is 1. The second kappa shape index (κ2) is 7.11. The molecule has 4 aromatic rings. The van der Waals surface area contributed by atoms with E-state index in [2.05, 4.69) is 50.2 Å². The molecule has 1 amide bonds. The molecule has 2 aromatic heterocycles. The number of aromatic amines is 1. The highest BCUT2D eigenvalue weighted by molar-refractivity contribution is 5.85. The summed E-state index contributed by atoms with van der Waals surface area (Å²) >= 11 is 0. The average molecular weight is 362 g/mol. The summed E-state index contributed by atoms with van der Waals surface area (Å²) in [6.07, 6.45) is 2.66. The predicted molar refractivity (Wildman–Crippen MR) is 107 cm³/mol. The minimum atomic E-state index is -0.0186. The number of rotatable bonds is 6. The molecule has 0 aliphatic heterocycles. The summed E-state index contributed by atoms with van der Waals surface area (Å²) < 4.78 is 1.88. The zero-order valence-electron chi connectivity index (χ0n) is 15.4. The number of aromatic nitrogens is 4. The van der Waals surface area contributed by atoms with Crippen LogP contribution in [0.1, 0.15) is 18.2 Å². The molecule has 27 heavy (non-hydrogen) atoms. The van der Waals surface area contributed by atoms with Gasteiger partial charge in [-0.25, -0.2) is 0 Å². The van der Waals surface area contributed by atoms with Crippen LogP contribution in [0, 0.1) is 0 Å². The van der Waals surface area contributed by atoms with Gasteiger partial charge in [0.15, 0.2) is 0 Å². The highest BCUT2D eigenvalue weighted by Crippen LogP contribution is 2.24. The number of hydrogen-bond donors (Lipinski definition) is 3. The van der Waals surface area contributed by atoms with Gasteiger partial charge in [-0.1, -0.05) is 6.07 Å². The van der Waals surface area contributed by atoms with Gasteiger partial charge in [-0.15, -0.1) is 0 Å². The number of amides is 1. The zero-order valence-corrected chi connectivity index (χ0v) is 15.4. The molecule has 7 heteroatoms. The lowest BCUT2D eigenvalue weighted by Crippen LogP contribution is -2.26. The van der Waals surface area contributed by atoms with Crippen LogP contribution >= 0.6 is 0 Å². The maximum absolute atomic E-state index is 10.9. The van der Waals surface area contributed by atoms with Gasteiger partial charge >= 0.3 is 0 Å². The number of nitrogens with one attached hydrogen (secondary N) is 3. The van der Waals surface area contributed by atoms with Crippen molar-refractivity contribution < 1.29 is 4.79 Å². The Balaban J connectivity index is 1.53. The molecule has 0 aliphatic carbocycles. The Hall–Kier alpha value is -3.35. The van der Waals surface area contributed by atoms with E-state index in [0.717, 1.165) is 39.6 Å². The van der Waals surface area contributed by atoms with Crippen LogP contribution in [0.15, 0.2) is 42.6 Å². The Kier molecular flexibility index (Phi) is 4.50. The van der Waals surface area contributed by atoms with Gasteiger partial charge in [-0.3, -0.25) is 14.6 Å². The van der Waals surface area contributed by atoms with E-state index < -0.39 is 0 Å². The van der Waals surface area contributed by atoms with Gasteiger partial charge in [0.1, 0.15) is 0 Å². The molecule has 0 saturated carbocycles. The van der Waals surface area contributed by atoms with Gasteiger partial charge in [0.05, 0.1) is 17.2 Å². The first kappa shape index (κ1) is 17.1. The molecule has 0 atom stereocenters. The minimum Gasteiger partial charge on any atom is -0.383 e. The van der Waals surface area contributed by atoms with Crippen molar-refractivity contribution in [2.75, 3.05) is 18.4 Å². The molecule has 0 spiro atoms. The van der Waals surface area contributed by atoms with Gasteiger partial charge in [-0.2, -0.15) is 10.2 Å². The van der Waals surface area contributed by atoms with Crippen molar-refractivity contribution in [3.8, 4) is 0 Å². The summed E-state index contributed by atoms with van der Waals surface area (Å²) in [5.41, 5.74) is 5.38. The van der Waals surface area contributed by atoms with Crippen molar-refractivity contribution >= 4 is 33.4 Å². The van der Waals surface area contributed by atoms with Gasteiger partial charge in [0.2, 0.25) is 5.91 Å². The second-order valence-corrected chi connectivity index (χ2v) is 6.68. The molecule has 2 aromatic carbocycles. The number of nitrogens with zero attached hydrogens (tertiary/aromatic N) is 3. The number of H-pyrrole nitrogens is 1. The number of hydrogen-bond acceptors (Lipinski definition) is 4. The van der Waals surface area contributed by atoms with Crippen molar-refractivity contribution in [2.45, 2.75) is 13.3 Å². The molecule has 138 valence electrons. The van der Waals surface area contributed by atoms with Crippen LogP contribution in [0.25, 0.3) is 21.8 Å². The first-order chi connectivity index (χ1) is 13.1. The van der Waals surface area contributed by atoms with Gasteiger partial charge in [-0.05, 0) is 35.9 Å². The predicted octanol–water partition coefficient (Wildman–Crippen LogP) is 2.59. The summed E-state index contributed by atoms with van der Waals surface area (Å²) in [7, 11) is 1.95. The Bertz CT molecular complexity index is 1110. The van der Waals surface area contributed by atoms with E-state index in [1.807, 2.05) is 30.1 Å². The first-order valence-electron chi connectivity index (χ1n) is 8.96. The standard InChI is InChI=1S/C20H22N6O/c1-13(27)21-7-8-22-16-4-5-18-17(11-16)19(25-24-18)10-14-3-6-20-15(9-14)12-23-26(20)2/h3-6,9,11-12,22H,7-8,10H2,1-2H3,(H,21,27)(H,24,25). The molecule has 2 heterocycles. The Morgan fingerprint density at radius 2 is 2.07 bits per heavy atom. The van der Waals surface area contributed by atoms with Crippen LogP contribution in [0.4, 0.5) is 5.69 Å². The van der Waals surface area contributed by atoms with E-state index in [-0.39, 0.29) is 5.91 Å². The van der Waals surface area contributed by atoms with Crippen molar-refractivity contribution in [3.63, 3.8) is 0 Å². The lowest BCUT2D eigenvalue weighted by Gasteiger charge is -2.07. The molecule has 4 rings (SSSR count). The van der Waals surface area contributed by atoms with Crippen molar-refractivity contribution in [1.29, 1.82) is 0 Å². The Labute approximate surface area is 156 Å².